The predicted molar refractivity (Wildman–Crippen MR) is 140 cm³/mol. The molecule has 8 nitrogen and oxygen atoms in total. The molecule has 0 spiro atoms. The predicted octanol–water partition coefficient (Wildman–Crippen LogP) is 3.23. The van der Waals surface area contributed by atoms with E-state index in [9.17, 15) is 8.42 Å². The summed E-state index contributed by atoms with van der Waals surface area (Å²) in [6.07, 6.45) is 3.17. The first-order valence-electron chi connectivity index (χ1n) is 11.5. The third kappa shape index (κ3) is 4.70. The maximum absolute atomic E-state index is 13.2. The van der Waals surface area contributed by atoms with Gasteiger partial charge in [0.25, 0.3) is 0 Å². The monoisotopic (exact) mass is 516 g/mol. The number of nitrogens with one attached hydrogen (secondary N) is 1. The van der Waals surface area contributed by atoms with Gasteiger partial charge in [0.15, 0.2) is 5.65 Å². The van der Waals surface area contributed by atoms with E-state index in [0.29, 0.717) is 52.8 Å². The fourth-order valence-corrected chi connectivity index (χ4v) is 6.28. The summed E-state index contributed by atoms with van der Waals surface area (Å²) in [6, 6.07) is 17.5. The molecule has 0 amide bonds. The van der Waals surface area contributed by atoms with E-state index in [-0.39, 0.29) is 10.8 Å². The van der Waals surface area contributed by atoms with Crippen molar-refractivity contribution in [3.05, 3.63) is 71.4 Å². The van der Waals surface area contributed by atoms with Crippen LogP contribution in [0.3, 0.4) is 0 Å². The Balaban J connectivity index is 1.38. The maximum Gasteiger partial charge on any atom is 0.243 e. The van der Waals surface area contributed by atoms with Crippen LogP contribution in [0, 0.1) is 17.2 Å². The van der Waals surface area contributed by atoms with E-state index in [2.05, 4.69) is 15.4 Å². The van der Waals surface area contributed by atoms with E-state index in [4.69, 9.17) is 24.7 Å². The highest BCUT2D eigenvalue weighted by molar-refractivity contribution is 7.89. The molecule has 1 fully saturated rings. The van der Waals surface area contributed by atoms with Crippen LogP contribution in [0.4, 0.5) is 5.82 Å². The van der Waals surface area contributed by atoms with Crippen molar-refractivity contribution < 1.29 is 8.42 Å². The molecule has 5 rings (SSSR count). The Labute approximate surface area is 216 Å². The lowest BCUT2D eigenvalue weighted by Crippen LogP contribution is -2.41. The summed E-state index contributed by atoms with van der Waals surface area (Å²) < 4.78 is 29.6. The van der Waals surface area contributed by atoms with Gasteiger partial charge < -0.3 is 5.32 Å². The highest BCUT2D eigenvalue weighted by Crippen LogP contribution is 2.29. The van der Waals surface area contributed by atoms with Gasteiger partial charge in [-0.25, -0.2) is 13.4 Å². The van der Waals surface area contributed by atoms with Crippen molar-refractivity contribution >= 4 is 46.4 Å². The van der Waals surface area contributed by atoms with Crippen molar-refractivity contribution in [2.24, 2.45) is 5.92 Å². The quantitative estimate of drug-likeness (QED) is 0.395. The van der Waals surface area contributed by atoms with Gasteiger partial charge in [0, 0.05) is 42.5 Å². The first-order valence-corrected chi connectivity index (χ1v) is 13.3. The van der Waals surface area contributed by atoms with Gasteiger partial charge in [0.2, 0.25) is 10.0 Å². The molecule has 0 bridgehead atoms. The van der Waals surface area contributed by atoms with Crippen LogP contribution >= 0.6 is 11.6 Å². The topological polar surface area (TPSA) is 103 Å². The van der Waals surface area contributed by atoms with Gasteiger partial charge >= 0.3 is 0 Å². The van der Waals surface area contributed by atoms with Gasteiger partial charge in [-0.05, 0) is 48.5 Å². The Morgan fingerprint density at radius 3 is 2.83 bits per heavy atom. The molecule has 4 aromatic rings. The Morgan fingerprint density at radius 2 is 2.03 bits per heavy atom. The molecule has 0 saturated carbocycles. The van der Waals surface area contributed by atoms with E-state index in [1.165, 1.54) is 16.4 Å². The summed E-state index contributed by atoms with van der Waals surface area (Å²) in [6.45, 7) is 1.35. The van der Waals surface area contributed by atoms with Crippen molar-refractivity contribution in [2.75, 3.05) is 25.0 Å². The van der Waals surface area contributed by atoms with Crippen molar-refractivity contribution in [3.8, 4) is 17.3 Å². The fourth-order valence-electron chi connectivity index (χ4n) is 4.45. The zero-order valence-electron chi connectivity index (χ0n) is 19.3. The minimum atomic E-state index is -3.69. The second-order valence-corrected chi connectivity index (χ2v) is 11.1. The van der Waals surface area contributed by atoms with Crippen molar-refractivity contribution in [1.82, 2.24) is 18.9 Å². The molecule has 2 aromatic carbocycles. The molecule has 1 unspecified atom stereocenters. The van der Waals surface area contributed by atoms with Gasteiger partial charge in [0.1, 0.15) is 13.7 Å². The maximum atomic E-state index is 13.2. The molecule has 180 valence electrons. The summed E-state index contributed by atoms with van der Waals surface area (Å²) in [5.74, 6) is 0.765. The van der Waals surface area contributed by atoms with Crippen LogP contribution in [0.15, 0.2) is 65.7 Å². The summed E-state index contributed by atoms with van der Waals surface area (Å²) >= 11 is 6.41. The minimum absolute atomic E-state index is 0.0764. The normalized spacial score (nSPS) is 16.6. The van der Waals surface area contributed by atoms with Crippen LogP contribution in [0.5, 0.6) is 0 Å². The van der Waals surface area contributed by atoms with E-state index < -0.39 is 10.0 Å². The Morgan fingerprint density at radius 1 is 1.19 bits per heavy atom. The molecule has 1 aliphatic heterocycles. The molecular formula is C25H22BClN6O2S. The number of nitriles is 1. The molecule has 0 aliphatic carbocycles. The van der Waals surface area contributed by atoms with E-state index in [1.807, 2.05) is 30.3 Å². The Bertz CT molecular complexity index is 1580. The second kappa shape index (κ2) is 9.93. The molecule has 1 N–H and O–H groups in total. The number of hydrogen-bond acceptors (Lipinski definition) is 6. The molecule has 1 aliphatic rings. The fraction of sp³-hybridized carbons (Fsp3) is 0.240. The van der Waals surface area contributed by atoms with E-state index in [0.717, 1.165) is 18.4 Å². The van der Waals surface area contributed by atoms with Gasteiger partial charge in [0.05, 0.1) is 22.2 Å². The number of fused-ring (bicyclic) bond motifs is 1. The number of aromatic nitrogens is 3. The summed E-state index contributed by atoms with van der Waals surface area (Å²) in [7, 11) is 2.42. The highest BCUT2D eigenvalue weighted by Gasteiger charge is 2.30. The number of halogens is 1. The van der Waals surface area contributed by atoms with Gasteiger partial charge in [-0.1, -0.05) is 35.9 Å². The van der Waals surface area contributed by atoms with Crippen LogP contribution in [0.1, 0.15) is 18.4 Å². The van der Waals surface area contributed by atoms with Crippen LogP contribution in [-0.4, -0.2) is 54.8 Å². The number of rotatable bonds is 6. The number of piperidine rings is 1. The lowest BCUT2D eigenvalue weighted by Gasteiger charge is -2.32. The zero-order chi connectivity index (χ0) is 25.3. The molecule has 2 aromatic heterocycles. The average molecular weight is 517 g/mol. The first kappa shape index (κ1) is 24.3. The first-order chi connectivity index (χ1) is 17.4. The van der Waals surface area contributed by atoms with Gasteiger partial charge in [-0.3, -0.25) is 0 Å². The smallest absolute Gasteiger partial charge is 0.243 e. The molecule has 1 atom stereocenters. The largest absolute Gasteiger partial charge is 0.370 e. The molecule has 11 heteroatoms. The lowest BCUT2D eigenvalue weighted by atomic mass is 9.99. The third-order valence-corrected chi connectivity index (χ3v) is 8.49. The van der Waals surface area contributed by atoms with Crippen molar-refractivity contribution in [2.45, 2.75) is 17.7 Å². The molecule has 1 saturated heterocycles. The molecular weight excluding hydrogens is 495 g/mol. The van der Waals surface area contributed by atoms with Crippen LogP contribution < -0.4 is 10.8 Å². The number of anilines is 1. The number of sulfonamides is 1. The van der Waals surface area contributed by atoms with Crippen LogP contribution in [0.25, 0.3) is 16.9 Å². The Hall–Kier alpha value is -3.39. The van der Waals surface area contributed by atoms with E-state index >= 15 is 0 Å². The van der Waals surface area contributed by atoms with Gasteiger partial charge in [-0.2, -0.15) is 19.2 Å². The van der Waals surface area contributed by atoms with Gasteiger partial charge in [-0.15, -0.1) is 0 Å². The van der Waals surface area contributed by atoms with Crippen LogP contribution in [0.2, 0.25) is 5.02 Å². The molecule has 3 heterocycles. The summed E-state index contributed by atoms with van der Waals surface area (Å²) in [5.41, 5.74) is 2.72. The summed E-state index contributed by atoms with van der Waals surface area (Å²) in [4.78, 5) is 4.79. The SMILES string of the molecule is [B]c1cnn2c(NCC3CCCN(S(=O)(=O)c4cccc(C#N)c4)C3)cc(-c3ccccc3Cl)nc12. The second-order valence-electron chi connectivity index (χ2n) is 8.73. The van der Waals surface area contributed by atoms with E-state index in [1.54, 1.807) is 28.9 Å². The number of nitrogens with zero attached hydrogens (tertiary/aromatic N) is 5. The molecule has 2 radical (unpaired) electrons. The Kier molecular flexibility index (Phi) is 6.71. The standard InChI is InChI=1S/C25H22BClN6O2S/c26-21-15-30-33-24(12-23(31-25(21)33)20-8-1-2-9-22(20)27)29-14-18-6-4-10-32(16-18)36(34,35)19-7-3-5-17(11-19)13-28/h1-3,5,7-9,11-12,15,18,29H,4,6,10,14,16H2. The average Bonchev–Trinajstić information content (AvgIpc) is 3.28. The van der Waals surface area contributed by atoms with Crippen molar-refractivity contribution in [1.29, 1.82) is 5.26 Å². The third-order valence-electron chi connectivity index (χ3n) is 6.30. The molecule has 36 heavy (non-hydrogen) atoms. The number of benzene rings is 2. The minimum Gasteiger partial charge on any atom is -0.370 e. The number of hydrogen-bond donors (Lipinski definition) is 1. The summed E-state index contributed by atoms with van der Waals surface area (Å²) in [5, 5.41) is 17.5. The van der Waals surface area contributed by atoms with Crippen LogP contribution in [-0.2, 0) is 10.0 Å². The highest BCUT2D eigenvalue weighted by atomic mass is 35.5. The lowest BCUT2D eigenvalue weighted by molar-refractivity contribution is 0.275. The zero-order valence-corrected chi connectivity index (χ0v) is 20.9. The van der Waals surface area contributed by atoms with Crippen molar-refractivity contribution in [3.63, 3.8) is 0 Å².